The third-order valence-electron chi connectivity index (χ3n) is 0.575. The number of halogens is 1. The Labute approximate surface area is 72.6 Å². The quantitative estimate of drug-likeness (QED) is 0.386. The summed E-state index contributed by atoms with van der Waals surface area (Å²) >= 11 is 5.07. The molecule has 0 atom stereocenters. The molecule has 1 aromatic rings. The van der Waals surface area contributed by atoms with E-state index in [1.54, 1.807) is 0 Å². The number of carbonyl (C=O) groups excluding carboxylic acids is 1. The van der Waals surface area contributed by atoms with Crippen molar-refractivity contribution in [3.05, 3.63) is 11.2 Å². The second-order valence-electron chi connectivity index (χ2n) is 1.15. The predicted octanol–water partition coefficient (Wildman–Crippen LogP) is -3.91. The number of carboxylic acid groups (broad SMARTS) is 1. The van der Waals surface area contributed by atoms with Crippen LogP contribution >= 0.6 is 11.6 Å². The number of nitrogens with zero attached hydrogens (tertiary/aromatic N) is 2. The molecule has 0 fully saturated rings. The number of rotatable bonds is 1. The fourth-order valence-electron chi connectivity index (χ4n) is 0.288. The van der Waals surface area contributed by atoms with Crippen molar-refractivity contribution < 1.29 is 33.2 Å². The van der Waals surface area contributed by atoms with Gasteiger partial charge in [0, 0.05) is 0 Å². The zero-order valence-electron chi connectivity index (χ0n) is 5.00. The summed E-state index contributed by atoms with van der Waals surface area (Å²) in [6.07, 6.45) is 0. The van der Waals surface area contributed by atoms with Crippen LogP contribution in [-0.4, -0.2) is 16.2 Å². The Morgan fingerprint density at radius 3 is 2.40 bits per heavy atom. The van der Waals surface area contributed by atoms with Gasteiger partial charge in [0.05, 0.1) is 0 Å². The molecule has 48 valence electrons. The van der Waals surface area contributed by atoms with Crippen molar-refractivity contribution in [1.29, 1.82) is 0 Å². The smallest absolute Gasteiger partial charge is 0.540 e. The van der Waals surface area contributed by atoms with Crippen LogP contribution in [0, 0.1) is 0 Å². The first-order valence-electron chi connectivity index (χ1n) is 1.90. The second kappa shape index (κ2) is 3.61. The Bertz CT molecular complexity index is 237. The molecule has 0 spiro atoms. The fourth-order valence-corrected chi connectivity index (χ4v) is 0.399. The van der Waals surface area contributed by atoms with Crippen LogP contribution in [0.15, 0.2) is 4.42 Å². The van der Waals surface area contributed by atoms with Gasteiger partial charge in [-0.3, -0.25) is 0 Å². The first-order chi connectivity index (χ1) is 4.20. The maximum atomic E-state index is 9.85. The van der Waals surface area contributed by atoms with Gasteiger partial charge in [0.15, 0.2) is 0 Å². The van der Waals surface area contributed by atoms with Gasteiger partial charge in [-0.1, -0.05) is 5.10 Å². The summed E-state index contributed by atoms with van der Waals surface area (Å²) in [5.41, 5.74) is 0. The third kappa shape index (κ3) is 2.03. The average molecular weight is 154 g/mol. The molecule has 0 bridgehead atoms. The maximum absolute atomic E-state index is 9.85. The summed E-state index contributed by atoms with van der Waals surface area (Å²) in [6.45, 7) is 0. The Morgan fingerprint density at radius 2 is 2.20 bits per heavy atom. The number of hydrogen-bond acceptors (Lipinski definition) is 5. The van der Waals surface area contributed by atoms with Crippen LogP contribution in [0.4, 0.5) is 0 Å². The number of hydrogen-bond donors (Lipinski definition) is 0. The molecular weight excluding hydrogens is 154 g/mol. The Kier molecular flexibility index (Phi) is 3.43. The number of aromatic carboxylic acids is 1. The topological polar surface area (TPSA) is 79.0 Å². The van der Waals surface area contributed by atoms with E-state index in [0.29, 0.717) is 0 Å². The van der Waals surface area contributed by atoms with Crippen LogP contribution in [0.3, 0.4) is 0 Å². The fraction of sp³-hybridized carbons (Fsp3) is 0. The van der Waals surface area contributed by atoms with Crippen LogP contribution in [-0.2, 0) is 0 Å². The minimum absolute atomic E-state index is 0. The van der Waals surface area contributed by atoms with E-state index >= 15 is 0 Å². The number of aromatic nitrogens is 2. The van der Waals surface area contributed by atoms with Gasteiger partial charge < -0.3 is 14.3 Å². The number of carboxylic acids is 1. The van der Waals surface area contributed by atoms with Crippen LogP contribution in [0.5, 0.6) is 0 Å². The van der Waals surface area contributed by atoms with Crippen LogP contribution < -0.4 is 24.0 Å². The first kappa shape index (κ1) is 9.50. The molecule has 0 aliphatic rings. The van der Waals surface area contributed by atoms with Crippen molar-refractivity contribution in [2.75, 3.05) is 0 Å². The van der Waals surface area contributed by atoms with Crippen LogP contribution in [0.25, 0.3) is 0 Å². The minimum Gasteiger partial charge on any atom is -0.540 e. The standard InChI is InChI=1S/C3HClN2O3.Li/c4-3-6-5-1(9-3)2(7)8;/h(H,7,8);/q;+1/p-1. The molecular formula is C3ClLiN2O3. The summed E-state index contributed by atoms with van der Waals surface area (Å²) in [4.78, 5) is 9.85. The molecule has 0 unspecified atom stereocenters. The van der Waals surface area contributed by atoms with Crippen LogP contribution in [0.1, 0.15) is 10.7 Å². The maximum Gasteiger partial charge on any atom is 1.00 e. The van der Waals surface area contributed by atoms with Crippen molar-refractivity contribution >= 4 is 17.6 Å². The molecule has 0 N–H and O–H groups in total. The van der Waals surface area contributed by atoms with Crippen molar-refractivity contribution in [2.24, 2.45) is 0 Å². The molecule has 0 aliphatic heterocycles. The Morgan fingerprint density at radius 1 is 1.60 bits per heavy atom. The molecule has 0 saturated heterocycles. The van der Waals surface area contributed by atoms with Gasteiger partial charge in [-0.2, -0.15) is 0 Å². The number of carbonyl (C=O) groups is 1. The summed E-state index contributed by atoms with van der Waals surface area (Å²) in [6, 6.07) is 0. The predicted molar refractivity (Wildman–Crippen MR) is 23.6 cm³/mol. The van der Waals surface area contributed by atoms with E-state index in [0.717, 1.165) is 0 Å². The molecule has 0 aromatic carbocycles. The van der Waals surface area contributed by atoms with E-state index in [2.05, 4.69) is 14.6 Å². The van der Waals surface area contributed by atoms with Gasteiger partial charge in [0.2, 0.25) is 0 Å². The van der Waals surface area contributed by atoms with E-state index in [4.69, 9.17) is 11.6 Å². The minimum atomic E-state index is -1.53. The van der Waals surface area contributed by atoms with Crippen molar-refractivity contribution in [1.82, 2.24) is 10.2 Å². The largest absolute Gasteiger partial charge is 1.00 e. The van der Waals surface area contributed by atoms with Gasteiger partial charge in [-0.15, -0.1) is 5.10 Å². The summed E-state index contributed by atoms with van der Waals surface area (Å²) in [5, 5.41) is 15.6. The van der Waals surface area contributed by atoms with Gasteiger partial charge in [0.25, 0.3) is 5.89 Å². The van der Waals surface area contributed by atoms with Gasteiger partial charge in [-0.05, 0) is 11.6 Å². The van der Waals surface area contributed by atoms with E-state index in [1.165, 1.54) is 0 Å². The molecule has 7 heteroatoms. The van der Waals surface area contributed by atoms with Crippen molar-refractivity contribution in [3.8, 4) is 0 Å². The molecule has 0 amide bonds. The third-order valence-corrected chi connectivity index (χ3v) is 0.728. The first-order valence-corrected chi connectivity index (χ1v) is 2.28. The van der Waals surface area contributed by atoms with Gasteiger partial charge in [0.1, 0.15) is 5.97 Å². The Hall–Kier alpha value is -0.503. The van der Waals surface area contributed by atoms with Gasteiger partial charge in [-0.25, -0.2) is 0 Å². The SMILES string of the molecule is O=C([O-])c1nnc(Cl)o1.[Li+]. The molecule has 1 heterocycles. The molecule has 0 aliphatic carbocycles. The van der Waals surface area contributed by atoms with E-state index < -0.39 is 11.9 Å². The van der Waals surface area contributed by atoms with E-state index in [-0.39, 0.29) is 24.2 Å². The normalized spacial score (nSPS) is 8.50. The Balaban J connectivity index is 0.000000810. The molecule has 0 radical (unpaired) electrons. The second-order valence-corrected chi connectivity index (χ2v) is 1.47. The van der Waals surface area contributed by atoms with E-state index in [9.17, 15) is 9.90 Å². The molecule has 0 saturated carbocycles. The molecule has 5 nitrogen and oxygen atoms in total. The van der Waals surface area contributed by atoms with Crippen LogP contribution in [0.2, 0.25) is 5.35 Å². The summed E-state index contributed by atoms with van der Waals surface area (Å²) < 4.78 is 4.23. The summed E-state index contributed by atoms with van der Waals surface area (Å²) in [7, 11) is 0. The average Bonchev–Trinajstić information content (AvgIpc) is 2.14. The zero-order valence-corrected chi connectivity index (χ0v) is 5.75. The molecule has 1 aromatic heterocycles. The van der Waals surface area contributed by atoms with Crippen molar-refractivity contribution in [3.63, 3.8) is 0 Å². The van der Waals surface area contributed by atoms with Crippen molar-refractivity contribution in [2.45, 2.75) is 0 Å². The van der Waals surface area contributed by atoms with E-state index in [1.807, 2.05) is 0 Å². The molecule has 10 heavy (non-hydrogen) atoms. The molecule has 1 rings (SSSR count). The summed E-state index contributed by atoms with van der Waals surface area (Å²) in [5.74, 6) is -2.14. The zero-order chi connectivity index (χ0) is 6.85. The van der Waals surface area contributed by atoms with Gasteiger partial charge >= 0.3 is 24.2 Å². The monoisotopic (exact) mass is 154 g/mol.